The van der Waals surface area contributed by atoms with Crippen LogP contribution in [0.15, 0.2) is 6.20 Å². The summed E-state index contributed by atoms with van der Waals surface area (Å²) in [6, 6.07) is 0. The summed E-state index contributed by atoms with van der Waals surface area (Å²) in [5.41, 5.74) is 1.73. The van der Waals surface area contributed by atoms with Gasteiger partial charge in [-0.2, -0.15) is 5.10 Å². The summed E-state index contributed by atoms with van der Waals surface area (Å²) in [5, 5.41) is 4.25. The number of aryl methyl sites for hydroxylation is 2. The van der Waals surface area contributed by atoms with E-state index in [2.05, 4.69) is 12.0 Å². The number of Topliss-reactive ketones (excluding diaryl/α,β-unsaturated/α-hetero) is 1. The third-order valence-corrected chi connectivity index (χ3v) is 2.30. The fourth-order valence-corrected chi connectivity index (χ4v) is 1.50. The van der Waals surface area contributed by atoms with Crippen LogP contribution in [-0.4, -0.2) is 15.6 Å². The summed E-state index contributed by atoms with van der Waals surface area (Å²) >= 11 is 0. The molecule has 0 amide bonds. The zero-order valence-electron chi connectivity index (χ0n) is 9.21. The van der Waals surface area contributed by atoms with Crippen LogP contribution < -0.4 is 0 Å². The number of nitrogens with zero attached hydrogens (tertiary/aromatic N) is 2. The summed E-state index contributed by atoms with van der Waals surface area (Å²) in [7, 11) is 1.86. The predicted octanol–water partition coefficient (Wildman–Crippen LogP) is 2.36. The third kappa shape index (κ3) is 2.44. The number of unbranched alkanes of at least 4 members (excludes halogenated alkanes) is 1. The first kappa shape index (κ1) is 11.0. The van der Waals surface area contributed by atoms with Gasteiger partial charge in [-0.05, 0) is 12.8 Å². The average molecular weight is 194 g/mol. The lowest BCUT2D eigenvalue weighted by Gasteiger charge is -1.97. The predicted molar refractivity (Wildman–Crippen MR) is 56.4 cm³/mol. The molecular formula is C11H18N2O. The molecule has 1 heterocycles. The Kier molecular flexibility index (Phi) is 3.86. The highest BCUT2D eigenvalue weighted by molar-refractivity contribution is 5.96. The van der Waals surface area contributed by atoms with Crippen molar-refractivity contribution in [1.29, 1.82) is 0 Å². The Bertz CT molecular complexity index is 315. The zero-order chi connectivity index (χ0) is 10.6. The maximum absolute atomic E-state index is 11.7. The number of aromatic nitrogens is 2. The molecule has 1 aromatic heterocycles. The molecule has 0 radical (unpaired) electrons. The Morgan fingerprint density at radius 1 is 1.50 bits per heavy atom. The lowest BCUT2D eigenvalue weighted by Crippen LogP contribution is -2.00. The van der Waals surface area contributed by atoms with Crippen LogP contribution in [0.2, 0.25) is 0 Å². The van der Waals surface area contributed by atoms with Crippen LogP contribution in [0.5, 0.6) is 0 Å². The van der Waals surface area contributed by atoms with E-state index < -0.39 is 0 Å². The molecule has 0 saturated heterocycles. The van der Waals surface area contributed by atoms with Gasteiger partial charge in [0.1, 0.15) is 0 Å². The smallest absolute Gasteiger partial charge is 0.166 e. The first-order valence-corrected chi connectivity index (χ1v) is 5.24. The Hall–Kier alpha value is -1.12. The highest BCUT2D eigenvalue weighted by Gasteiger charge is 2.13. The van der Waals surface area contributed by atoms with Crippen molar-refractivity contribution >= 4 is 5.78 Å². The van der Waals surface area contributed by atoms with E-state index in [4.69, 9.17) is 0 Å². The molecular weight excluding hydrogens is 176 g/mol. The summed E-state index contributed by atoms with van der Waals surface area (Å²) in [6.45, 7) is 4.12. The van der Waals surface area contributed by atoms with Gasteiger partial charge in [-0.3, -0.25) is 9.48 Å². The van der Waals surface area contributed by atoms with E-state index in [1.807, 2.05) is 20.2 Å². The lowest BCUT2D eigenvalue weighted by molar-refractivity contribution is 0.0979. The maximum atomic E-state index is 11.7. The molecule has 0 aliphatic rings. The van der Waals surface area contributed by atoms with Crippen molar-refractivity contribution in [3.63, 3.8) is 0 Å². The van der Waals surface area contributed by atoms with Gasteiger partial charge in [-0.15, -0.1) is 0 Å². The van der Waals surface area contributed by atoms with Crippen molar-refractivity contribution in [1.82, 2.24) is 9.78 Å². The molecule has 78 valence electrons. The second-order valence-corrected chi connectivity index (χ2v) is 3.54. The molecule has 3 nitrogen and oxygen atoms in total. The Balaban J connectivity index is 2.77. The van der Waals surface area contributed by atoms with Gasteiger partial charge in [0.2, 0.25) is 0 Å². The fraction of sp³-hybridized carbons (Fsp3) is 0.636. The molecule has 14 heavy (non-hydrogen) atoms. The normalized spacial score (nSPS) is 10.5. The van der Waals surface area contributed by atoms with E-state index in [0.29, 0.717) is 6.42 Å². The number of hydrogen-bond donors (Lipinski definition) is 0. The minimum Gasteiger partial charge on any atom is -0.294 e. The van der Waals surface area contributed by atoms with Crippen molar-refractivity contribution in [3.8, 4) is 0 Å². The third-order valence-electron chi connectivity index (χ3n) is 2.30. The monoisotopic (exact) mass is 194 g/mol. The molecule has 3 heteroatoms. The van der Waals surface area contributed by atoms with E-state index in [1.165, 1.54) is 0 Å². The maximum Gasteiger partial charge on any atom is 0.166 e. The van der Waals surface area contributed by atoms with Crippen LogP contribution in [0.25, 0.3) is 0 Å². The molecule has 0 aliphatic heterocycles. The van der Waals surface area contributed by atoms with Crippen molar-refractivity contribution in [2.75, 3.05) is 0 Å². The Labute approximate surface area is 85.1 Å². The second kappa shape index (κ2) is 4.94. The highest BCUT2D eigenvalue weighted by Crippen LogP contribution is 2.11. The standard InChI is InChI=1S/C11H18N2O/c1-4-6-7-11(14)9-8-13(3)12-10(9)5-2/h8H,4-7H2,1-3H3. The van der Waals surface area contributed by atoms with Crippen LogP contribution in [0.1, 0.15) is 49.2 Å². The van der Waals surface area contributed by atoms with Gasteiger partial charge in [-0.25, -0.2) is 0 Å². The van der Waals surface area contributed by atoms with Gasteiger partial charge < -0.3 is 0 Å². The molecule has 0 atom stereocenters. The summed E-state index contributed by atoms with van der Waals surface area (Å²) in [4.78, 5) is 11.7. The second-order valence-electron chi connectivity index (χ2n) is 3.54. The van der Waals surface area contributed by atoms with E-state index in [0.717, 1.165) is 30.5 Å². The summed E-state index contributed by atoms with van der Waals surface area (Å²) in [5.74, 6) is 0.233. The van der Waals surface area contributed by atoms with Crippen molar-refractivity contribution < 1.29 is 4.79 Å². The number of hydrogen-bond acceptors (Lipinski definition) is 2. The first-order chi connectivity index (χ1) is 6.69. The Morgan fingerprint density at radius 3 is 2.79 bits per heavy atom. The van der Waals surface area contributed by atoms with Crippen LogP contribution in [-0.2, 0) is 13.5 Å². The molecule has 0 unspecified atom stereocenters. The first-order valence-electron chi connectivity index (χ1n) is 5.24. The molecule has 0 bridgehead atoms. The molecule has 0 N–H and O–H groups in total. The van der Waals surface area contributed by atoms with Gasteiger partial charge in [0, 0.05) is 19.7 Å². The molecule has 0 spiro atoms. The topological polar surface area (TPSA) is 34.9 Å². The summed E-state index contributed by atoms with van der Waals surface area (Å²) < 4.78 is 1.72. The van der Waals surface area contributed by atoms with Crippen LogP contribution in [0.4, 0.5) is 0 Å². The van der Waals surface area contributed by atoms with E-state index in [1.54, 1.807) is 4.68 Å². The van der Waals surface area contributed by atoms with Gasteiger partial charge in [0.25, 0.3) is 0 Å². The van der Waals surface area contributed by atoms with E-state index in [9.17, 15) is 4.79 Å². The molecule has 0 fully saturated rings. The number of carbonyl (C=O) groups is 1. The van der Waals surface area contributed by atoms with Crippen LogP contribution >= 0.6 is 0 Å². The average Bonchev–Trinajstić information content (AvgIpc) is 2.56. The minimum absolute atomic E-state index is 0.233. The largest absolute Gasteiger partial charge is 0.294 e. The highest BCUT2D eigenvalue weighted by atomic mass is 16.1. The van der Waals surface area contributed by atoms with E-state index >= 15 is 0 Å². The Morgan fingerprint density at radius 2 is 2.21 bits per heavy atom. The van der Waals surface area contributed by atoms with Crippen LogP contribution in [0, 0.1) is 0 Å². The molecule has 0 aromatic carbocycles. The van der Waals surface area contributed by atoms with Crippen molar-refractivity contribution in [3.05, 3.63) is 17.5 Å². The fourth-order valence-electron chi connectivity index (χ4n) is 1.50. The molecule has 0 aliphatic carbocycles. The van der Waals surface area contributed by atoms with Gasteiger partial charge in [0.15, 0.2) is 5.78 Å². The van der Waals surface area contributed by atoms with Gasteiger partial charge in [-0.1, -0.05) is 20.3 Å². The lowest BCUT2D eigenvalue weighted by atomic mass is 10.1. The number of carbonyl (C=O) groups excluding carboxylic acids is 1. The molecule has 0 saturated carbocycles. The minimum atomic E-state index is 0.233. The molecule has 1 rings (SSSR count). The van der Waals surface area contributed by atoms with Crippen molar-refractivity contribution in [2.24, 2.45) is 7.05 Å². The van der Waals surface area contributed by atoms with E-state index in [-0.39, 0.29) is 5.78 Å². The molecule has 1 aromatic rings. The van der Waals surface area contributed by atoms with Gasteiger partial charge in [0.05, 0.1) is 11.3 Å². The number of ketones is 1. The van der Waals surface area contributed by atoms with Crippen molar-refractivity contribution in [2.45, 2.75) is 39.5 Å². The SMILES string of the molecule is CCCCC(=O)c1cn(C)nc1CC. The quantitative estimate of drug-likeness (QED) is 0.674. The number of rotatable bonds is 5. The van der Waals surface area contributed by atoms with Gasteiger partial charge >= 0.3 is 0 Å². The zero-order valence-corrected chi connectivity index (χ0v) is 9.21. The summed E-state index contributed by atoms with van der Waals surface area (Å²) in [6.07, 6.45) is 5.34. The van der Waals surface area contributed by atoms with Crippen LogP contribution in [0.3, 0.4) is 0 Å².